The van der Waals surface area contributed by atoms with Crippen LogP contribution in [0.3, 0.4) is 0 Å². The van der Waals surface area contributed by atoms with Gasteiger partial charge in [0.1, 0.15) is 11.6 Å². The molecule has 0 spiro atoms. The Morgan fingerprint density at radius 1 is 1.26 bits per heavy atom. The molecule has 0 saturated carbocycles. The molecule has 0 amide bonds. The van der Waals surface area contributed by atoms with Gasteiger partial charge in [-0.2, -0.15) is 0 Å². The van der Waals surface area contributed by atoms with Crippen LogP contribution in [0.1, 0.15) is 6.92 Å². The monoisotopic (exact) mass is 262 g/mol. The van der Waals surface area contributed by atoms with Gasteiger partial charge < -0.3 is 15.5 Å². The first-order valence-corrected chi connectivity index (χ1v) is 5.86. The number of rotatable bonds is 5. The third-order valence-electron chi connectivity index (χ3n) is 2.40. The first-order valence-electron chi connectivity index (χ1n) is 5.86. The molecule has 2 aromatic rings. The number of nitrogens with zero attached hydrogens (tertiary/aromatic N) is 1. The van der Waals surface area contributed by atoms with Crippen molar-refractivity contribution in [1.82, 2.24) is 4.98 Å². The van der Waals surface area contributed by atoms with Crippen molar-refractivity contribution in [2.75, 3.05) is 17.3 Å². The molecule has 0 aliphatic carbocycles. The van der Waals surface area contributed by atoms with Crippen LogP contribution in [-0.4, -0.2) is 11.6 Å². The Hall–Kier alpha value is -2.34. The fraction of sp³-hybridized carbons (Fsp3) is 0.154. The Morgan fingerprint density at radius 3 is 2.74 bits per heavy atom. The highest BCUT2D eigenvalue weighted by molar-refractivity contribution is 5.59. The molecule has 0 bridgehead atoms. The Labute approximate surface area is 110 Å². The van der Waals surface area contributed by atoms with E-state index in [4.69, 9.17) is 10.6 Å². The number of aromatic nitrogens is 1. The minimum Gasteiger partial charge on any atom is -0.491 e. The van der Waals surface area contributed by atoms with E-state index in [9.17, 15) is 4.39 Å². The van der Waals surface area contributed by atoms with Crippen LogP contribution >= 0.6 is 0 Å². The Morgan fingerprint density at radius 2 is 2.05 bits per heavy atom. The van der Waals surface area contributed by atoms with Gasteiger partial charge in [-0.05, 0) is 31.2 Å². The van der Waals surface area contributed by atoms with Crippen LogP contribution in [0.2, 0.25) is 0 Å². The molecule has 0 atom stereocenters. The number of pyridine rings is 1. The zero-order valence-corrected chi connectivity index (χ0v) is 10.5. The van der Waals surface area contributed by atoms with Crippen molar-refractivity contribution < 1.29 is 9.13 Å². The molecule has 5 nitrogen and oxygen atoms in total. The molecular formula is C13H15FN4O. The smallest absolute Gasteiger partial charge is 0.167 e. The van der Waals surface area contributed by atoms with E-state index in [2.05, 4.69) is 15.7 Å². The maximum absolute atomic E-state index is 13.7. The van der Waals surface area contributed by atoms with E-state index in [1.54, 1.807) is 37.3 Å². The van der Waals surface area contributed by atoms with Crippen molar-refractivity contribution in [3.63, 3.8) is 0 Å². The highest BCUT2D eigenvalue weighted by atomic mass is 19.1. The summed E-state index contributed by atoms with van der Waals surface area (Å²) in [5.41, 5.74) is 3.03. The highest BCUT2D eigenvalue weighted by Crippen LogP contribution is 2.23. The van der Waals surface area contributed by atoms with Gasteiger partial charge in [0, 0.05) is 11.8 Å². The summed E-state index contributed by atoms with van der Waals surface area (Å²) in [4.78, 5) is 4.17. The van der Waals surface area contributed by atoms with Crippen LogP contribution in [0.5, 0.6) is 5.75 Å². The molecule has 1 aromatic heterocycles. The lowest BCUT2D eigenvalue weighted by Gasteiger charge is -2.09. The number of benzene rings is 1. The number of nitrogens with two attached hydrogens (primary N) is 1. The molecule has 4 N–H and O–H groups in total. The topological polar surface area (TPSA) is 72.2 Å². The maximum atomic E-state index is 13.7. The minimum absolute atomic E-state index is 0.235. The Balaban J connectivity index is 2.16. The third-order valence-corrected chi connectivity index (χ3v) is 2.40. The number of nitrogen functional groups attached to an aromatic ring is 1. The average molecular weight is 262 g/mol. The number of halogens is 1. The summed E-state index contributed by atoms with van der Waals surface area (Å²) in [6.07, 6.45) is 0. The number of hydrogen-bond acceptors (Lipinski definition) is 5. The molecule has 0 fully saturated rings. The van der Waals surface area contributed by atoms with Crippen molar-refractivity contribution in [2.45, 2.75) is 6.92 Å². The lowest BCUT2D eigenvalue weighted by atomic mass is 10.3. The van der Waals surface area contributed by atoms with Crippen molar-refractivity contribution in [2.24, 2.45) is 5.84 Å². The van der Waals surface area contributed by atoms with E-state index in [1.807, 2.05) is 0 Å². The van der Waals surface area contributed by atoms with Gasteiger partial charge >= 0.3 is 0 Å². The molecule has 19 heavy (non-hydrogen) atoms. The van der Waals surface area contributed by atoms with E-state index < -0.39 is 5.82 Å². The molecule has 2 rings (SSSR count). The molecule has 100 valence electrons. The molecule has 0 saturated heterocycles. The van der Waals surface area contributed by atoms with Gasteiger partial charge in [-0.15, -0.1) is 0 Å². The van der Waals surface area contributed by atoms with E-state index in [0.717, 1.165) is 0 Å². The van der Waals surface area contributed by atoms with Crippen LogP contribution < -0.4 is 21.3 Å². The maximum Gasteiger partial charge on any atom is 0.167 e. The number of ether oxygens (including phenoxy) is 1. The summed E-state index contributed by atoms with van der Waals surface area (Å²) < 4.78 is 18.8. The van der Waals surface area contributed by atoms with Crippen molar-refractivity contribution >= 4 is 17.3 Å². The molecule has 0 radical (unpaired) electrons. The molecular weight excluding hydrogens is 247 g/mol. The second-order valence-corrected chi connectivity index (χ2v) is 3.76. The largest absolute Gasteiger partial charge is 0.491 e. The van der Waals surface area contributed by atoms with Gasteiger partial charge in [-0.3, -0.25) is 0 Å². The van der Waals surface area contributed by atoms with Gasteiger partial charge in [0.25, 0.3) is 0 Å². The summed E-state index contributed by atoms with van der Waals surface area (Å²) in [7, 11) is 0. The standard InChI is InChI=1S/C13H15FN4O/c1-2-19-11-7-6-9(8-10(11)14)16-12-4-3-5-13(17-12)18-15/h3-8H,2,15H2,1H3,(H2,16,17,18). The summed E-state index contributed by atoms with van der Waals surface area (Å²) in [6.45, 7) is 2.23. The second-order valence-electron chi connectivity index (χ2n) is 3.76. The van der Waals surface area contributed by atoms with Gasteiger partial charge in [0.15, 0.2) is 11.6 Å². The van der Waals surface area contributed by atoms with Crippen LogP contribution in [0.15, 0.2) is 36.4 Å². The van der Waals surface area contributed by atoms with Crippen LogP contribution in [0.25, 0.3) is 0 Å². The number of hydrogen-bond donors (Lipinski definition) is 3. The van der Waals surface area contributed by atoms with Gasteiger partial charge in [-0.25, -0.2) is 15.2 Å². The molecule has 1 aromatic carbocycles. The second kappa shape index (κ2) is 6.01. The molecule has 0 aliphatic heterocycles. The van der Waals surface area contributed by atoms with Gasteiger partial charge in [0.2, 0.25) is 0 Å². The van der Waals surface area contributed by atoms with Gasteiger partial charge in [0.05, 0.1) is 6.61 Å². The Bertz CT molecular complexity index is 562. The fourth-order valence-electron chi connectivity index (χ4n) is 1.58. The highest BCUT2D eigenvalue weighted by Gasteiger charge is 2.05. The van der Waals surface area contributed by atoms with Gasteiger partial charge in [-0.1, -0.05) is 6.07 Å². The van der Waals surface area contributed by atoms with Crippen LogP contribution in [0.4, 0.5) is 21.7 Å². The number of nitrogens with one attached hydrogen (secondary N) is 2. The van der Waals surface area contributed by atoms with E-state index >= 15 is 0 Å². The molecule has 0 aliphatic rings. The summed E-state index contributed by atoms with van der Waals surface area (Å²) in [5, 5.41) is 2.99. The number of hydrazine groups is 1. The molecule has 6 heteroatoms. The average Bonchev–Trinajstić information content (AvgIpc) is 2.42. The zero-order chi connectivity index (χ0) is 13.7. The normalized spacial score (nSPS) is 10.1. The first kappa shape index (κ1) is 13.1. The summed E-state index contributed by atoms with van der Waals surface area (Å²) in [5.74, 6) is 6.18. The quantitative estimate of drug-likeness (QED) is 0.570. The predicted octanol–water partition coefficient (Wildman–Crippen LogP) is 2.65. The first-order chi connectivity index (χ1) is 9.22. The zero-order valence-electron chi connectivity index (χ0n) is 10.5. The minimum atomic E-state index is -0.417. The lowest BCUT2D eigenvalue weighted by Crippen LogP contribution is -2.09. The third kappa shape index (κ3) is 3.32. The summed E-state index contributed by atoms with van der Waals surface area (Å²) in [6, 6.07) is 9.92. The molecule has 1 heterocycles. The van der Waals surface area contributed by atoms with E-state index in [1.165, 1.54) is 6.07 Å². The van der Waals surface area contributed by atoms with Crippen molar-refractivity contribution in [3.05, 3.63) is 42.2 Å². The van der Waals surface area contributed by atoms with E-state index in [-0.39, 0.29) is 5.75 Å². The van der Waals surface area contributed by atoms with Crippen molar-refractivity contribution in [3.8, 4) is 5.75 Å². The predicted molar refractivity (Wildman–Crippen MR) is 72.9 cm³/mol. The molecule has 0 unspecified atom stereocenters. The fourth-order valence-corrected chi connectivity index (χ4v) is 1.58. The van der Waals surface area contributed by atoms with Crippen LogP contribution in [0, 0.1) is 5.82 Å². The van der Waals surface area contributed by atoms with Crippen LogP contribution in [-0.2, 0) is 0 Å². The summed E-state index contributed by atoms with van der Waals surface area (Å²) >= 11 is 0. The lowest BCUT2D eigenvalue weighted by molar-refractivity contribution is 0.321. The Kier molecular flexibility index (Phi) is 4.15. The van der Waals surface area contributed by atoms with E-state index in [0.29, 0.717) is 23.9 Å². The number of anilines is 3. The van der Waals surface area contributed by atoms with Crippen molar-refractivity contribution in [1.29, 1.82) is 0 Å². The SMILES string of the molecule is CCOc1ccc(Nc2cccc(NN)n2)cc1F.